The Balaban J connectivity index is 2.03. The largest absolute Gasteiger partial charge is 0.313 e. The first-order valence-corrected chi connectivity index (χ1v) is 6.08. The predicted octanol–water partition coefficient (Wildman–Crippen LogP) is 2.29. The molecule has 1 aromatic carbocycles. The van der Waals surface area contributed by atoms with Crippen LogP contribution in [0.4, 0.5) is 0 Å². The van der Waals surface area contributed by atoms with Crippen molar-refractivity contribution in [2.45, 2.75) is 18.9 Å². The summed E-state index contributed by atoms with van der Waals surface area (Å²) in [7, 11) is 4.02. The van der Waals surface area contributed by atoms with Crippen LogP contribution >= 0.6 is 0 Å². The summed E-state index contributed by atoms with van der Waals surface area (Å²) in [5.41, 5.74) is 5.38. The molecule has 3 rings (SSSR count). The molecule has 0 spiro atoms. The lowest BCUT2D eigenvalue weighted by molar-refractivity contribution is 0.590. The maximum atomic E-state index is 4.22. The number of rotatable bonds is 2. The zero-order chi connectivity index (χ0) is 11.8. The number of aromatic nitrogens is 2. The first kappa shape index (κ1) is 10.5. The van der Waals surface area contributed by atoms with Crippen molar-refractivity contribution in [1.29, 1.82) is 0 Å². The Hall–Kier alpha value is -1.61. The van der Waals surface area contributed by atoms with Crippen molar-refractivity contribution >= 4 is 0 Å². The standard InChI is InChI=1S/C14H17N3/c1-15-13-6-4-10-9-11(3-5-12(10)13)14-7-8-16-17(14)2/h3,5,7-9,13,15H,4,6H2,1-2H3. The molecule has 17 heavy (non-hydrogen) atoms. The van der Waals surface area contributed by atoms with Gasteiger partial charge in [0.25, 0.3) is 0 Å². The molecule has 1 unspecified atom stereocenters. The van der Waals surface area contributed by atoms with Crippen molar-refractivity contribution in [3.63, 3.8) is 0 Å². The molecule has 1 aromatic heterocycles. The molecule has 0 saturated heterocycles. The SMILES string of the molecule is CNC1CCc2cc(-c3ccnn3C)ccc21. The number of nitrogens with one attached hydrogen (secondary N) is 1. The number of hydrogen-bond donors (Lipinski definition) is 1. The van der Waals surface area contributed by atoms with Crippen molar-refractivity contribution in [1.82, 2.24) is 15.1 Å². The highest BCUT2D eigenvalue weighted by atomic mass is 15.3. The van der Waals surface area contributed by atoms with Gasteiger partial charge in [-0.3, -0.25) is 4.68 Å². The molecule has 0 amide bonds. The van der Waals surface area contributed by atoms with Crippen LogP contribution in [-0.2, 0) is 13.5 Å². The van der Waals surface area contributed by atoms with Gasteiger partial charge in [-0.1, -0.05) is 12.1 Å². The van der Waals surface area contributed by atoms with Gasteiger partial charge < -0.3 is 5.32 Å². The Bertz CT molecular complexity index is 542. The number of benzene rings is 1. The molecule has 1 heterocycles. The zero-order valence-electron chi connectivity index (χ0n) is 10.3. The monoisotopic (exact) mass is 227 g/mol. The van der Waals surface area contributed by atoms with Crippen LogP contribution in [0.5, 0.6) is 0 Å². The topological polar surface area (TPSA) is 29.9 Å². The summed E-state index contributed by atoms with van der Waals surface area (Å²) < 4.78 is 1.92. The summed E-state index contributed by atoms with van der Waals surface area (Å²) in [6, 6.07) is 9.36. The lowest BCUT2D eigenvalue weighted by Gasteiger charge is -2.10. The Morgan fingerprint density at radius 3 is 2.94 bits per heavy atom. The van der Waals surface area contributed by atoms with Crippen LogP contribution in [-0.4, -0.2) is 16.8 Å². The molecule has 0 radical (unpaired) electrons. The molecular weight excluding hydrogens is 210 g/mol. The minimum Gasteiger partial charge on any atom is -0.313 e. The molecule has 0 saturated carbocycles. The van der Waals surface area contributed by atoms with Gasteiger partial charge in [0.15, 0.2) is 0 Å². The molecule has 3 nitrogen and oxygen atoms in total. The second-order valence-electron chi connectivity index (χ2n) is 4.63. The lowest BCUT2D eigenvalue weighted by Crippen LogP contribution is -2.12. The van der Waals surface area contributed by atoms with E-state index in [0.717, 1.165) is 0 Å². The fraction of sp³-hybridized carbons (Fsp3) is 0.357. The average Bonchev–Trinajstić information content (AvgIpc) is 2.93. The number of nitrogens with zero attached hydrogens (tertiary/aromatic N) is 2. The minimum atomic E-state index is 0.533. The lowest BCUT2D eigenvalue weighted by atomic mass is 10.0. The molecule has 2 aromatic rings. The van der Waals surface area contributed by atoms with Gasteiger partial charge in [0, 0.05) is 24.8 Å². The van der Waals surface area contributed by atoms with Crippen LogP contribution in [0.1, 0.15) is 23.6 Å². The van der Waals surface area contributed by atoms with Gasteiger partial charge in [0.2, 0.25) is 0 Å². The third kappa shape index (κ3) is 1.67. The number of aryl methyl sites for hydroxylation is 2. The second kappa shape index (κ2) is 4.00. The van der Waals surface area contributed by atoms with E-state index in [1.165, 1.54) is 35.2 Å². The molecule has 0 bridgehead atoms. The van der Waals surface area contributed by atoms with Crippen molar-refractivity contribution in [2.75, 3.05) is 7.05 Å². The predicted molar refractivity (Wildman–Crippen MR) is 68.8 cm³/mol. The summed E-state index contributed by atoms with van der Waals surface area (Å²) in [6.07, 6.45) is 4.23. The quantitative estimate of drug-likeness (QED) is 0.853. The van der Waals surface area contributed by atoms with Crippen LogP contribution in [0.3, 0.4) is 0 Å². The third-order valence-electron chi connectivity index (χ3n) is 3.69. The van der Waals surface area contributed by atoms with E-state index in [0.29, 0.717) is 6.04 Å². The first-order chi connectivity index (χ1) is 8.29. The van der Waals surface area contributed by atoms with E-state index in [1.807, 2.05) is 25.0 Å². The van der Waals surface area contributed by atoms with Gasteiger partial charge in [-0.15, -0.1) is 0 Å². The van der Waals surface area contributed by atoms with Crippen molar-refractivity contribution < 1.29 is 0 Å². The van der Waals surface area contributed by atoms with E-state index in [-0.39, 0.29) is 0 Å². The average molecular weight is 227 g/mol. The van der Waals surface area contributed by atoms with Gasteiger partial charge in [0.05, 0.1) is 5.69 Å². The summed E-state index contributed by atoms with van der Waals surface area (Å²) in [5, 5.41) is 7.59. The third-order valence-corrected chi connectivity index (χ3v) is 3.69. The smallest absolute Gasteiger partial charge is 0.0678 e. The molecule has 1 N–H and O–H groups in total. The van der Waals surface area contributed by atoms with Crippen LogP contribution in [0.15, 0.2) is 30.5 Å². The van der Waals surface area contributed by atoms with E-state index in [4.69, 9.17) is 0 Å². The highest BCUT2D eigenvalue weighted by Gasteiger charge is 2.21. The van der Waals surface area contributed by atoms with E-state index < -0.39 is 0 Å². The molecule has 1 aliphatic carbocycles. The fourth-order valence-corrected chi connectivity index (χ4v) is 2.73. The van der Waals surface area contributed by atoms with Crippen LogP contribution in [0.25, 0.3) is 11.3 Å². The van der Waals surface area contributed by atoms with Crippen molar-refractivity contribution in [3.8, 4) is 11.3 Å². The van der Waals surface area contributed by atoms with Gasteiger partial charge in [-0.05, 0) is 43.1 Å². The molecule has 3 heteroatoms. The molecule has 1 atom stereocenters. The van der Waals surface area contributed by atoms with Crippen LogP contribution in [0, 0.1) is 0 Å². The molecular formula is C14H17N3. The van der Waals surface area contributed by atoms with E-state index in [2.05, 4.69) is 34.7 Å². The van der Waals surface area contributed by atoms with Crippen molar-refractivity contribution in [3.05, 3.63) is 41.6 Å². The molecule has 1 aliphatic rings. The highest BCUT2D eigenvalue weighted by Crippen LogP contribution is 2.33. The normalized spacial score (nSPS) is 18.4. The summed E-state index contributed by atoms with van der Waals surface area (Å²) in [5.74, 6) is 0. The van der Waals surface area contributed by atoms with Gasteiger partial charge in [0.1, 0.15) is 0 Å². The van der Waals surface area contributed by atoms with E-state index in [9.17, 15) is 0 Å². The summed E-state index contributed by atoms with van der Waals surface area (Å²) >= 11 is 0. The fourth-order valence-electron chi connectivity index (χ4n) is 2.73. The molecule has 88 valence electrons. The van der Waals surface area contributed by atoms with E-state index in [1.54, 1.807) is 0 Å². The maximum Gasteiger partial charge on any atom is 0.0678 e. The second-order valence-corrected chi connectivity index (χ2v) is 4.63. The number of fused-ring (bicyclic) bond motifs is 1. The molecule has 0 aliphatic heterocycles. The highest BCUT2D eigenvalue weighted by molar-refractivity contribution is 5.62. The Kier molecular flexibility index (Phi) is 2.48. The van der Waals surface area contributed by atoms with Crippen LogP contribution < -0.4 is 5.32 Å². The van der Waals surface area contributed by atoms with Gasteiger partial charge in [-0.25, -0.2) is 0 Å². The molecule has 0 fully saturated rings. The van der Waals surface area contributed by atoms with Crippen LogP contribution in [0.2, 0.25) is 0 Å². The first-order valence-electron chi connectivity index (χ1n) is 6.08. The van der Waals surface area contributed by atoms with Gasteiger partial charge in [-0.2, -0.15) is 5.10 Å². The minimum absolute atomic E-state index is 0.533. The number of hydrogen-bond acceptors (Lipinski definition) is 2. The Morgan fingerprint density at radius 2 is 2.24 bits per heavy atom. The maximum absolute atomic E-state index is 4.22. The van der Waals surface area contributed by atoms with Gasteiger partial charge >= 0.3 is 0 Å². The zero-order valence-corrected chi connectivity index (χ0v) is 10.3. The summed E-state index contributed by atoms with van der Waals surface area (Å²) in [6.45, 7) is 0. The Labute approximate surface area is 101 Å². The summed E-state index contributed by atoms with van der Waals surface area (Å²) in [4.78, 5) is 0. The van der Waals surface area contributed by atoms with E-state index >= 15 is 0 Å². The van der Waals surface area contributed by atoms with Crippen molar-refractivity contribution in [2.24, 2.45) is 7.05 Å². The Morgan fingerprint density at radius 1 is 1.35 bits per heavy atom.